The van der Waals surface area contributed by atoms with Gasteiger partial charge in [0.2, 0.25) is 11.8 Å². The van der Waals surface area contributed by atoms with Crippen LogP contribution in [-0.2, 0) is 22.7 Å². The minimum atomic E-state index is -0.203. The van der Waals surface area contributed by atoms with Gasteiger partial charge in [-0.05, 0) is 24.3 Å². The largest absolute Gasteiger partial charge is 0.495 e. The summed E-state index contributed by atoms with van der Waals surface area (Å²) in [5.74, 6) is 0.961. The number of imidazole rings is 1. The van der Waals surface area contributed by atoms with Crippen LogP contribution in [0.3, 0.4) is 0 Å². The smallest absolute Gasteiger partial charge is 0.244 e. The molecule has 0 unspecified atom stereocenters. The summed E-state index contributed by atoms with van der Waals surface area (Å²) in [6.45, 7) is 2.14. The van der Waals surface area contributed by atoms with E-state index in [1.165, 1.54) is 0 Å². The van der Waals surface area contributed by atoms with E-state index in [-0.39, 0.29) is 24.9 Å². The summed E-state index contributed by atoms with van der Waals surface area (Å²) < 4.78 is 7.09. The van der Waals surface area contributed by atoms with Crippen molar-refractivity contribution in [2.45, 2.75) is 26.4 Å². The van der Waals surface area contributed by atoms with Crippen molar-refractivity contribution in [1.29, 1.82) is 0 Å². The number of ether oxygens (including phenoxy) is 1. The lowest BCUT2D eigenvalue weighted by Gasteiger charge is -2.12. The van der Waals surface area contributed by atoms with Crippen molar-refractivity contribution in [2.75, 3.05) is 12.4 Å². The molecule has 1 aromatic heterocycles. The Bertz CT molecular complexity index is 965. The number of hydrogen-bond donors (Lipinski definition) is 2. The molecule has 2 N–H and O–H groups in total. The minimum Gasteiger partial charge on any atom is -0.495 e. The summed E-state index contributed by atoms with van der Waals surface area (Å²) in [5, 5.41) is 5.68. The maximum atomic E-state index is 12.6. The van der Waals surface area contributed by atoms with Crippen LogP contribution in [0.1, 0.15) is 19.2 Å². The Morgan fingerprint density at radius 2 is 1.81 bits per heavy atom. The fourth-order valence-corrected chi connectivity index (χ4v) is 2.82. The maximum absolute atomic E-state index is 12.6. The number of nitrogens with one attached hydrogen (secondary N) is 2. The predicted octanol–water partition coefficient (Wildman–Crippen LogP) is 2.71. The molecule has 7 nitrogen and oxygen atoms in total. The molecular weight excluding hydrogens is 344 g/mol. The summed E-state index contributed by atoms with van der Waals surface area (Å²) >= 11 is 0. The van der Waals surface area contributed by atoms with Crippen LogP contribution in [-0.4, -0.2) is 28.5 Å². The molecule has 0 aliphatic rings. The predicted molar refractivity (Wildman–Crippen MR) is 103 cm³/mol. The van der Waals surface area contributed by atoms with E-state index < -0.39 is 0 Å². The zero-order valence-electron chi connectivity index (χ0n) is 15.4. The first-order valence-corrected chi connectivity index (χ1v) is 8.76. The number of aromatic nitrogens is 2. The highest BCUT2D eigenvalue weighted by Crippen LogP contribution is 2.23. The van der Waals surface area contributed by atoms with E-state index >= 15 is 0 Å². The van der Waals surface area contributed by atoms with Gasteiger partial charge in [0, 0.05) is 6.42 Å². The molecule has 1 heterocycles. The van der Waals surface area contributed by atoms with Gasteiger partial charge in [-0.15, -0.1) is 0 Å². The Hall–Kier alpha value is -3.35. The van der Waals surface area contributed by atoms with Gasteiger partial charge in [-0.25, -0.2) is 4.98 Å². The number of fused-ring (bicyclic) bond motifs is 1. The van der Waals surface area contributed by atoms with Gasteiger partial charge in [0.05, 0.1) is 30.4 Å². The molecule has 3 rings (SSSR count). The van der Waals surface area contributed by atoms with Crippen LogP contribution < -0.4 is 15.4 Å². The lowest BCUT2D eigenvalue weighted by Crippen LogP contribution is -2.26. The van der Waals surface area contributed by atoms with Crippen molar-refractivity contribution in [3.05, 3.63) is 54.4 Å². The van der Waals surface area contributed by atoms with Gasteiger partial charge in [0.15, 0.2) is 0 Å². The number of amides is 2. The van der Waals surface area contributed by atoms with Crippen molar-refractivity contribution in [1.82, 2.24) is 14.9 Å². The summed E-state index contributed by atoms with van der Waals surface area (Å²) in [6, 6.07) is 14.8. The molecule has 0 aliphatic heterocycles. The Morgan fingerprint density at radius 3 is 2.59 bits per heavy atom. The summed E-state index contributed by atoms with van der Waals surface area (Å²) in [4.78, 5) is 28.8. The van der Waals surface area contributed by atoms with Crippen molar-refractivity contribution < 1.29 is 14.3 Å². The molecule has 3 aromatic rings. The number of methoxy groups -OCH3 is 1. The van der Waals surface area contributed by atoms with Crippen LogP contribution in [0.2, 0.25) is 0 Å². The van der Waals surface area contributed by atoms with E-state index in [9.17, 15) is 9.59 Å². The molecule has 0 fully saturated rings. The zero-order valence-corrected chi connectivity index (χ0v) is 15.4. The number of benzene rings is 2. The highest BCUT2D eigenvalue weighted by Gasteiger charge is 2.15. The Balaban J connectivity index is 1.84. The third-order valence-electron chi connectivity index (χ3n) is 4.18. The molecule has 0 spiro atoms. The molecule has 0 aliphatic carbocycles. The summed E-state index contributed by atoms with van der Waals surface area (Å²) in [5.41, 5.74) is 2.23. The second kappa shape index (κ2) is 8.35. The van der Waals surface area contributed by atoms with Gasteiger partial charge >= 0.3 is 0 Å². The second-order valence-electron chi connectivity index (χ2n) is 5.98. The number of carbonyl (C=O) groups is 2. The molecule has 0 bridgehead atoms. The minimum absolute atomic E-state index is 0.0629. The van der Waals surface area contributed by atoms with Gasteiger partial charge in [0.1, 0.15) is 18.1 Å². The average molecular weight is 366 g/mol. The number of para-hydroxylation sites is 4. The van der Waals surface area contributed by atoms with E-state index in [1.807, 2.05) is 41.0 Å². The fraction of sp³-hybridized carbons (Fsp3) is 0.250. The number of hydrogen-bond acceptors (Lipinski definition) is 4. The molecule has 0 atom stereocenters. The molecule has 0 saturated carbocycles. The maximum Gasteiger partial charge on any atom is 0.244 e. The van der Waals surface area contributed by atoms with Gasteiger partial charge in [-0.3, -0.25) is 9.59 Å². The van der Waals surface area contributed by atoms with Crippen molar-refractivity contribution in [3.63, 3.8) is 0 Å². The lowest BCUT2D eigenvalue weighted by molar-refractivity contribution is -0.121. The van der Waals surface area contributed by atoms with Gasteiger partial charge in [0.25, 0.3) is 0 Å². The van der Waals surface area contributed by atoms with Crippen molar-refractivity contribution in [2.24, 2.45) is 0 Å². The van der Waals surface area contributed by atoms with Crippen LogP contribution >= 0.6 is 0 Å². The molecule has 27 heavy (non-hydrogen) atoms. The quantitative estimate of drug-likeness (QED) is 0.673. The summed E-state index contributed by atoms with van der Waals surface area (Å²) in [6.07, 6.45) is 0.397. The van der Waals surface area contributed by atoms with Crippen LogP contribution in [0.5, 0.6) is 5.75 Å². The highest BCUT2D eigenvalue weighted by atomic mass is 16.5. The Labute approximate surface area is 157 Å². The van der Waals surface area contributed by atoms with Crippen LogP contribution in [0.4, 0.5) is 5.69 Å². The topological polar surface area (TPSA) is 85.2 Å². The van der Waals surface area contributed by atoms with Crippen LogP contribution in [0.15, 0.2) is 48.5 Å². The number of carbonyl (C=O) groups excluding carboxylic acids is 2. The van der Waals surface area contributed by atoms with Gasteiger partial charge in [-0.1, -0.05) is 31.2 Å². The van der Waals surface area contributed by atoms with E-state index in [0.717, 1.165) is 11.0 Å². The second-order valence-corrected chi connectivity index (χ2v) is 5.98. The molecule has 0 saturated heterocycles. The number of anilines is 1. The summed E-state index contributed by atoms with van der Waals surface area (Å²) in [7, 11) is 1.56. The molecule has 7 heteroatoms. The number of nitrogens with zero attached hydrogens (tertiary/aromatic N) is 2. The lowest BCUT2D eigenvalue weighted by atomic mass is 10.3. The zero-order chi connectivity index (χ0) is 19.2. The highest BCUT2D eigenvalue weighted by molar-refractivity contribution is 5.93. The molecule has 2 aromatic carbocycles. The van der Waals surface area contributed by atoms with E-state index in [1.54, 1.807) is 26.2 Å². The van der Waals surface area contributed by atoms with Crippen molar-refractivity contribution in [3.8, 4) is 5.75 Å². The van der Waals surface area contributed by atoms with E-state index in [2.05, 4.69) is 15.6 Å². The molecule has 140 valence electrons. The van der Waals surface area contributed by atoms with E-state index in [4.69, 9.17) is 4.74 Å². The van der Waals surface area contributed by atoms with Gasteiger partial charge in [-0.2, -0.15) is 0 Å². The van der Waals surface area contributed by atoms with Crippen LogP contribution in [0.25, 0.3) is 11.0 Å². The van der Waals surface area contributed by atoms with Gasteiger partial charge < -0.3 is 19.9 Å². The molecule has 2 amide bonds. The average Bonchev–Trinajstić information content (AvgIpc) is 3.04. The first kappa shape index (κ1) is 18.4. The monoisotopic (exact) mass is 366 g/mol. The van der Waals surface area contributed by atoms with Crippen molar-refractivity contribution >= 4 is 28.5 Å². The first-order valence-electron chi connectivity index (χ1n) is 8.76. The van der Waals surface area contributed by atoms with E-state index in [0.29, 0.717) is 23.7 Å². The Kier molecular flexibility index (Phi) is 5.71. The Morgan fingerprint density at radius 1 is 1.07 bits per heavy atom. The third-order valence-corrected chi connectivity index (χ3v) is 4.18. The number of rotatable bonds is 7. The third kappa shape index (κ3) is 4.25. The molecular formula is C20H22N4O3. The van der Waals surface area contributed by atoms with Crippen LogP contribution in [0, 0.1) is 0 Å². The SMILES string of the molecule is CCC(=O)NCc1nc2ccccc2n1CC(=O)Nc1ccccc1OC. The molecule has 0 radical (unpaired) electrons. The normalized spacial score (nSPS) is 10.6. The standard InChI is InChI=1S/C20H22N4O3/c1-3-19(25)21-12-18-22-14-8-4-6-10-16(14)24(18)13-20(26)23-15-9-5-7-11-17(15)27-2/h4-11H,3,12-13H2,1-2H3,(H,21,25)(H,23,26). The first-order chi connectivity index (χ1) is 13.1. The fourth-order valence-electron chi connectivity index (χ4n) is 2.82.